The van der Waals surface area contributed by atoms with Gasteiger partial charge in [-0.15, -0.1) is 0 Å². The number of quaternary nitrogens is 1. The Labute approximate surface area is 453 Å². The Kier molecular flexibility index (Phi) is 54.1. The molecule has 0 rings (SSSR count). The lowest BCUT2D eigenvalue weighted by Crippen LogP contribution is -2.37. The molecule has 73 heavy (non-hydrogen) atoms. The molecule has 2 atom stereocenters. The summed E-state index contributed by atoms with van der Waals surface area (Å²) in [6, 6.07) is 0. The number of carbonyl (C=O) groups excluding carboxylic acids is 2. The monoisotopic (exact) mass is 1050 g/mol. The first-order chi connectivity index (χ1) is 35.5. The van der Waals surface area contributed by atoms with E-state index in [2.05, 4.69) is 38.2 Å². The van der Waals surface area contributed by atoms with Gasteiger partial charge in [0.05, 0.1) is 27.7 Å². The van der Waals surface area contributed by atoms with E-state index in [9.17, 15) is 19.0 Å². The number of hydrogen-bond acceptors (Lipinski definition) is 8. The van der Waals surface area contributed by atoms with Crippen LogP contribution in [0.4, 0.5) is 0 Å². The molecule has 0 heterocycles. The maximum Gasteiger partial charge on any atom is 0.306 e. The van der Waals surface area contributed by atoms with Crippen molar-refractivity contribution in [2.75, 3.05) is 47.5 Å². The van der Waals surface area contributed by atoms with E-state index in [-0.39, 0.29) is 32.0 Å². The minimum atomic E-state index is -4.63. The van der Waals surface area contributed by atoms with Gasteiger partial charge in [-0.05, 0) is 44.9 Å². The zero-order chi connectivity index (χ0) is 53.5. The normalized spacial score (nSPS) is 13.3. The Morgan fingerprint density at radius 1 is 0.425 bits per heavy atom. The standard InChI is InChI=1S/C63H122NO8P/c1-6-8-10-12-14-16-18-20-22-24-26-28-29-30-31-32-33-34-35-36-38-40-42-44-46-48-50-52-54-56-63(66)72-61(60-71-73(67,68)70-58-57-64(3,4)5)59-69-62(65)55-53-51-49-47-45-43-41-39-37-27-25-23-21-19-17-15-13-11-9-7-2/h18,20,24,26,61H,6-17,19,21-23,25,27-60H2,1-5H3/b20-18-,26-24-. The van der Waals surface area contributed by atoms with Crippen molar-refractivity contribution in [3.63, 3.8) is 0 Å². The van der Waals surface area contributed by atoms with E-state index in [4.69, 9.17) is 18.5 Å². The number of phosphoric acid groups is 1. The number of allylic oxidation sites excluding steroid dienone is 4. The van der Waals surface area contributed by atoms with Gasteiger partial charge in [0.2, 0.25) is 0 Å². The summed E-state index contributed by atoms with van der Waals surface area (Å²) >= 11 is 0. The Hall–Kier alpha value is -1.51. The molecule has 0 saturated heterocycles. The van der Waals surface area contributed by atoms with Crippen molar-refractivity contribution < 1.29 is 42.1 Å². The number of ether oxygens (including phenoxy) is 2. The van der Waals surface area contributed by atoms with Gasteiger partial charge in [-0.3, -0.25) is 14.2 Å². The fourth-order valence-corrected chi connectivity index (χ4v) is 10.1. The summed E-state index contributed by atoms with van der Waals surface area (Å²) in [4.78, 5) is 37.9. The summed E-state index contributed by atoms with van der Waals surface area (Å²) in [6.45, 7) is 4.29. The molecule has 0 N–H and O–H groups in total. The van der Waals surface area contributed by atoms with Gasteiger partial charge in [-0.2, -0.15) is 0 Å². The highest BCUT2D eigenvalue weighted by atomic mass is 31.2. The molecule has 0 aromatic carbocycles. The van der Waals surface area contributed by atoms with Crippen LogP contribution < -0.4 is 4.89 Å². The molecule has 0 saturated carbocycles. The van der Waals surface area contributed by atoms with Gasteiger partial charge >= 0.3 is 11.9 Å². The third kappa shape index (κ3) is 59.6. The Balaban J connectivity index is 4.05. The summed E-state index contributed by atoms with van der Waals surface area (Å²) in [5, 5.41) is 0. The molecule has 0 amide bonds. The van der Waals surface area contributed by atoms with Crippen LogP contribution >= 0.6 is 7.82 Å². The van der Waals surface area contributed by atoms with Crippen LogP contribution in [0.3, 0.4) is 0 Å². The molecule has 0 bridgehead atoms. The van der Waals surface area contributed by atoms with E-state index in [1.807, 2.05) is 21.1 Å². The van der Waals surface area contributed by atoms with Crippen LogP contribution in [0.1, 0.15) is 316 Å². The van der Waals surface area contributed by atoms with E-state index in [0.29, 0.717) is 17.4 Å². The highest BCUT2D eigenvalue weighted by Crippen LogP contribution is 2.38. The average Bonchev–Trinajstić information content (AvgIpc) is 3.35. The number of likely N-dealkylation sites (N-methyl/N-ethyl adjacent to an activating group) is 1. The van der Waals surface area contributed by atoms with Crippen molar-refractivity contribution in [3.05, 3.63) is 24.3 Å². The minimum Gasteiger partial charge on any atom is -0.756 e. The first-order valence-corrected chi connectivity index (χ1v) is 33.0. The third-order valence-electron chi connectivity index (χ3n) is 14.2. The number of rotatable bonds is 59. The molecule has 0 aromatic heterocycles. The number of nitrogens with zero attached hydrogens (tertiary/aromatic N) is 1. The fourth-order valence-electron chi connectivity index (χ4n) is 9.34. The second-order valence-corrected chi connectivity index (χ2v) is 24.2. The molecular weight excluding hydrogens is 930 g/mol. The average molecular weight is 1050 g/mol. The van der Waals surface area contributed by atoms with Gasteiger partial charge in [0.1, 0.15) is 19.8 Å². The molecule has 2 unspecified atom stereocenters. The molecular formula is C63H122NO8P. The predicted octanol–water partition coefficient (Wildman–Crippen LogP) is 19.1. The van der Waals surface area contributed by atoms with E-state index in [1.54, 1.807) is 0 Å². The molecule has 432 valence electrons. The lowest BCUT2D eigenvalue weighted by atomic mass is 10.0. The summed E-state index contributed by atoms with van der Waals surface area (Å²) in [6.07, 6.45) is 66.6. The Morgan fingerprint density at radius 3 is 1.08 bits per heavy atom. The number of unbranched alkanes of at least 4 members (excludes halogenated alkanes) is 41. The van der Waals surface area contributed by atoms with Gasteiger partial charge < -0.3 is 27.9 Å². The molecule has 0 aliphatic rings. The highest BCUT2D eigenvalue weighted by Gasteiger charge is 2.22. The minimum absolute atomic E-state index is 0.0272. The third-order valence-corrected chi connectivity index (χ3v) is 15.2. The fraction of sp³-hybridized carbons (Fsp3) is 0.905. The Morgan fingerprint density at radius 2 is 0.740 bits per heavy atom. The molecule has 0 aliphatic carbocycles. The molecule has 0 aromatic rings. The zero-order valence-electron chi connectivity index (χ0n) is 49.1. The van der Waals surface area contributed by atoms with Crippen molar-refractivity contribution in [1.82, 2.24) is 0 Å². The second kappa shape index (κ2) is 55.3. The van der Waals surface area contributed by atoms with Crippen LogP contribution in [0.2, 0.25) is 0 Å². The number of hydrogen-bond donors (Lipinski definition) is 0. The predicted molar refractivity (Wildman–Crippen MR) is 310 cm³/mol. The molecule has 0 fully saturated rings. The van der Waals surface area contributed by atoms with Crippen molar-refractivity contribution in [2.45, 2.75) is 322 Å². The second-order valence-electron chi connectivity index (χ2n) is 22.8. The van der Waals surface area contributed by atoms with Crippen molar-refractivity contribution in [3.8, 4) is 0 Å². The van der Waals surface area contributed by atoms with E-state index in [0.717, 1.165) is 38.5 Å². The molecule has 9 nitrogen and oxygen atoms in total. The zero-order valence-corrected chi connectivity index (χ0v) is 50.0. The highest BCUT2D eigenvalue weighted by molar-refractivity contribution is 7.45. The van der Waals surface area contributed by atoms with Gasteiger partial charge in [-0.1, -0.05) is 282 Å². The van der Waals surface area contributed by atoms with Crippen molar-refractivity contribution in [1.29, 1.82) is 0 Å². The lowest BCUT2D eigenvalue weighted by Gasteiger charge is -2.28. The topological polar surface area (TPSA) is 111 Å². The number of esters is 2. The van der Waals surface area contributed by atoms with E-state index >= 15 is 0 Å². The number of carbonyl (C=O) groups is 2. The first kappa shape index (κ1) is 71.5. The molecule has 10 heteroatoms. The van der Waals surface area contributed by atoms with E-state index < -0.39 is 26.5 Å². The SMILES string of the molecule is CCCCCCC/C=C\C/C=C\CCCCCCCCCCCCCCCCCCCC(=O)OC(COC(=O)CCCCCCCCCCCCCCCCCCCCCC)COP(=O)([O-])OCC[N+](C)(C)C. The molecule has 0 aliphatic heterocycles. The summed E-state index contributed by atoms with van der Waals surface area (Å²) in [5.74, 6) is -0.813. The van der Waals surface area contributed by atoms with Crippen LogP contribution in [0.15, 0.2) is 24.3 Å². The summed E-state index contributed by atoms with van der Waals surface area (Å²) < 4.78 is 34.2. The maximum atomic E-state index is 12.8. The van der Waals surface area contributed by atoms with Crippen LogP contribution in [-0.4, -0.2) is 70.0 Å². The molecule has 0 radical (unpaired) electrons. The summed E-state index contributed by atoms with van der Waals surface area (Å²) in [5.41, 5.74) is 0. The first-order valence-electron chi connectivity index (χ1n) is 31.5. The van der Waals surface area contributed by atoms with Crippen LogP contribution in [0, 0.1) is 0 Å². The van der Waals surface area contributed by atoms with Gasteiger partial charge in [-0.25, -0.2) is 0 Å². The summed E-state index contributed by atoms with van der Waals surface area (Å²) in [7, 11) is 1.19. The molecule has 0 spiro atoms. The van der Waals surface area contributed by atoms with Crippen LogP contribution in [-0.2, 0) is 32.7 Å². The van der Waals surface area contributed by atoms with E-state index in [1.165, 1.54) is 244 Å². The quantitative estimate of drug-likeness (QED) is 0.0195. The van der Waals surface area contributed by atoms with Gasteiger partial charge in [0, 0.05) is 12.8 Å². The van der Waals surface area contributed by atoms with Crippen molar-refractivity contribution in [2.24, 2.45) is 0 Å². The van der Waals surface area contributed by atoms with Crippen LogP contribution in [0.25, 0.3) is 0 Å². The lowest BCUT2D eigenvalue weighted by molar-refractivity contribution is -0.870. The maximum absolute atomic E-state index is 12.8. The van der Waals surface area contributed by atoms with Gasteiger partial charge in [0.15, 0.2) is 6.10 Å². The Bertz CT molecular complexity index is 1280. The largest absolute Gasteiger partial charge is 0.756 e. The number of phosphoric ester groups is 1. The van der Waals surface area contributed by atoms with Crippen molar-refractivity contribution >= 4 is 19.8 Å². The van der Waals surface area contributed by atoms with Gasteiger partial charge in [0.25, 0.3) is 7.82 Å². The smallest absolute Gasteiger partial charge is 0.306 e. The van der Waals surface area contributed by atoms with Crippen LogP contribution in [0.5, 0.6) is 0 Å².